The van der Waals surface area contributed by atoms with Crippen LogP contribution in [0, 0.1) is 6.92 Å². The summed E-state index contributed by atoms with van der Waals surface area (Å²) in [5.74, 6) is 0.755. The topological polar surface area (TPSA) is 38.7 Å². The van der Waals surface area contributed by atoms with E-state index in [1.54, 1.807) is 6.20 Å². The van der Waals surface area contributed by atoms with Crippen molar-refractivity contribution < 1.29 is 0 Å². The Kier molecular flexibility index (Phi) is 3.69. The Bertz CT molecular complexity index is 512. The molecule has 2 rings (SSSR count). The first-order valence-corrected chi connectivity index (χ1v) is 5.99. The van der Waals surface area contributed by atoms with E-state index in [4.69, 9.17) is 11.6 Å². The quantitative estimate of drug-likeness (QED) is 0.783. The fourth-order valence-corrected chi connectivity index (χ4v) is 1.90. The van der Waals surface area contributed by atoms with Crippen LogP contribution in [-0.4, -0.2) is 15.0 Å². The molecule has 0 N–H and O–H groups in total. The van der Waals surface area contributed by atoms with Gasteiger partial charge in [0.25, 0.3) is 0 Å². The van der Waals surface area contributed by atoms with Gasteiger partial charge in [-0.25, -0.2) is 9.97 Å². The van der Waals surface area contributed by atoms with Crippen LogP contribution in [0.1, 0.15) is 29.6 Å². The summed E-state index contributed by atoms with van der Waals surface area (Å²) in [6.45, 7) is 4.02. The molecule has 2 aromatic heterocycles. The fraction of sp³-hybridized carbons (Fsp3) is 0.308. The average Bonchev–Trinajstić information content (AvgIpc) is 2.35. The molecular formula is C13H14ClN3. The van der Waals surface area contributed by atoms with Crippen LogP contribution in [0.15, 0.2) is 24.5 Å². The van der Waals surface area contributed by atoms with Crippen LogP contribution >= 0.6 is 11.6 Å². The Morgan fingerprint density at radius 1 is 1.29 bits per heavy atom. The number of pyridine rings is 1. The number of nitrogens with zero attached hydrogens (tertiary/aromatic N) is 3. The van der Waals surface area contributed by atoms with Crippen molar-refractivity contribution in [3.05, 3.63) is 52.3 Å². The molecule has 0 aromatic carbocycles. The summed E-state index contributed by atoms with van der Waals surface area (Å²) in [6.07, 6.45) is 5.11. The summed E-state index contributed by atoms with van der Waals surface area (Å²) in [6, 6.07) is 3.92. The van der Waals surface area contributed by atoms with Crippen LogP contribution in [0.3, 0.4) is 0 Å². The molecular weight excluding hydrogens is 234 g/mol. The van der Waals surface area contributed by atoms with E-state index >= 15 is 0 Å². The molecule has 17 heavy (non-hydrogen) atoms. The average molecular weight is 248 g/mol. The number of rotatable bonds is 3. The van der Waals surface area contributed by atoms with Crippen molar-refractivity contribution in [1.82, 2.24) is 15.0 Å². The Labute approximate surface area is 106 Å². The maximum Gasteiger partial charge on any atom is 0.135 e. The second-order valence-corrected chi connectivity index (χ2v) is 4.25. The standard InChI is InChI=1S/C13H14ClN3/c1-3-11-9(2)13(14)17-12(16-11)7-10-5-4-6-15-8-10/h4-6,8H,3,7H2,1-2H3. The van der Waals surface area contributed by atoms with Crippen LogP contribution in [0.25, 0.3) is 0 Å². The van der Waals surface area contributed by atoms with Crippen LogP contribution in [0.4, 0.5) is 0 Å². The van der Waals surface area contributed by atoms with Gasteiger partial charge in [-0.05, 0) is 25.0 Å². The van der Waals surface area contributed by atoms with Gasteiger partial charge in [-0.15, -0.1) is 0 Å². The number of hydrogen-bond donors (Lipinski definition) is 0. The minimum absolute atomic E-state index is 0.552. The zero-order chi connectivity index (χ0) is 12.3. The highest BCUT2D eigenvalue weighted by Gasteiger charge is 2.08. The number of aryl methyl sites for hydroxylation is 1. The molecule has 0 bridgehead atoms. The molecule has 3 nitrogen and oxygen atoms in total. The van der Waals surface area contributed by atoms with Crippen molar-refractivity contribution in [3.8, 4) is 0 Å². The van der Waals surface area contributed by atoms with Gasteiger partial charge in [0.2, 0.25) is 0 Å². The summed E-state index contributed by atoms with van der Waals surface area (Å²) in [7, 11) is 0. The Balaban J connectivity index is 2.31. The van der Waals surface area contributed by atoms with Gasteiger partial charge in [-0.3, -0.25) is 4.98 Å². The van der Waals surface area contributed by atoms with Crippen LogP contribution in [0.2, 0.25) is 5.15 Å². The Hall–Kier alpha value is -1.48. The fourth-order valence-electron chi connectivity index (χ4n) is 1.69. The smallest absolute Gasteiger partial charge is 0.135 e. The maximum absolute atomic E-state index is 6.10. The molecule has 0 amide bonds. The molecule has 88 valence electrons. The van der Waals surface area contributed by atoms with Gasteiger partial charge in [0, 0.05) is 30.1 Å². The van der Waals surface area contributed by atoms with Crippen molar-refractivity contribution in [2.75, 3.05) is 0 Å². The van der Waals surface area contributed by atoms with Gasteiger partial charge in [0.15, 0.2) is 0 Å². The number of aromatic nitrogens is 3. The predicted octanol–water partition coefficient (Wildman–Crippen LogP) is 2.99. The minimum Gasteiger partial charge on any atom is -0.264 e. The Morgan fingerprint density at radius 2 is 2.12 bits per heavy atom. The minimum atomic E-state index is 0.552. The molecule has 0 atom stereocenters. The lowest BCUT2D eigenvalue weighted by Gasteiger charge is -2.07. The molecule has 0 aliphatic carbocycles. The van der Waals surface area contributed by atoms with E-state index in [9.17, 15) is 0 Å². The first-order valence-electron chi connectivity index (χ1n) is 5.61. The van der Waals surface area contributed by atoms with Gasteiger partial charge in [0.05, 0.1) is 0 Å². The van der Waals surface area contributed by atoms with Crippen molar-refractivity contribution in [1.29, 1.82) is 0 Å². The normalized spacial score (nSPS) is 10.5. The van der Waals surface area contributed by atoms with Crippen LogP contribution < -0.4 is 0 Å². The van der Waals surface area contributed by atoms with Crippen molar-refractivity contribution in [2.24, 2.45) is 0 Å². The van der Waals surface area contributed by atoms with Crippen molar-refractivity contribution in [2.45, 2.75) is 26.7 Å². The predicted molar refractivity (Wildman–Crippen MR) is 68.2 cm³/mol. The first-order chi connectivity index (χ1) is 8.20. The molecule has 0 spiro atoms. The van der Waals surface area contributed by atoms with E-state index in [0.29, 0.717) is 11.6 Å². The highest BCUT2D eigenvalue weighted by molar-refractivity contribution is 6.30. The van der Waals surface area contributed by atoms with Gasteiger partial charge >= 0.3 is 0 Å². The monoisotopic (exact) mass is 247 g/mol. The second-order valence-electron chi connectivity index (χ2n) is 3.89. The van der Waals surface area contributed by atoms with Gasteiger partial charge in [-0.1, -0.05) is 24.6 Å². The SMILES string of the molecule is CCc1nc(Cc2cccnc2)nc(Cl)c1C. The molecule has 0 aliphatic rings. The molecule has 2 heterocycles. The van der Waals surface area contributed by atoms with Gasteiger partial charge in [0.1, 0.15) is 11.0 Å². The first kappa shape index (κ1) is 12.0. The van der Waals surface area contributed by atoms with E-state index in [1.807, 2.05) is 25.3 Å². The lowest BCUT2D eigenvalue weighted by molar-refractivity contribution is 0.886. The summed E-state index contributed by atoms with van der Waals surface area (Å²) in [4.78, 5) is 12.9. The zero-order valence-corrected chi connectivity index (χ0v) is 10.7. The Morgan fingerprint density at radius 3 is 2.76 bits per heavy atom. The summed E-state index contributed by atoms with van der Waals surface area (Å²) in [5, 5.41) is 0.552. The maximum atomic E-state index is 6.10. The van der Waals surface area contributed by atoms with E-state index < -0.39 is 0 Å². The molecule has 4 heteroatoms. The highest BCUT2D eigenvalue weighted by atomic mass is 35.5. The zero-order valence-electron chi connectivity index (χ0n) is 9.94. The number of hydrogen-bond acceptors (Lipinski definition) is 3. The molecule has 0 aliphatic heterocycles. The lowest BCUT2D eigenvalue weighted by atomic mass is 10.1. The van der Waals surface area contributed by atoms with Crippen molar-refractivity contribution >= 4 is 11.6 Å². The number of halogens is 1. The summed E-state index contributed by atoms with van der Waals surface area (Å²) >= 11 is 6.10. The third-order valence-electron chi connectivity index (χ3n) is 2.65. The van der Waals surface area contributed by atoms with Crippen LogP contribution in [0.5, 0.6) is 0 Å². The van der Waals surface area contributed by atoms with E-state index in [2.05, 4.69) is 21.9 Å². The summed E-state index contributed by atoms with van der Waals surface area (Å²) < 4.78 is 0. The third kappa shape index (κ3) is 2.80. The van der Waals surface area contributed by atoms with Crippen molar-refractivity contribution in [3.63, 3.8) is 0 Å². The molecule has 2 aromatic rings. The van der Waals surface area contributed by atoms with Gasteiger partial charge < -0.3 is 0 Å². The molecule has 0 saturated carbocycles. The van der Waals surface area contributed by atoms with Crippen LogP contribution in [-0.2, 0) is 12.8 Å². The second kappa shape index (κ2) is 5.23. The molecule has 0 radical (unpaired) electrons. The molecule has 0 fully saturated rings. The summed E-state index contributed by atoms with van der Waals surface area (Å²) in [5.41, 5.74) is 3.09. The van der Waals surface area contributed by atoms with Gasteiger partial charge in [-0.2, -0.15) is 0 Å². The molecule has 0 unspecified atom stereocenters. The third-order valence-corrected chi connectivity index (χ3v) is 3.02. The highest BCUT2D eigenvalue weighted by Crippen LogP contribution is 2.17. The molecule has 0 saturated heterocycles. The van der Waals surface area contributed by atoms with E-state index in [1.165, 1.54) is 0 Å². The largest absolute Gasteiger partial charge is 0.264 e. The lowest BCUT2D eigenvalue weighted by Crippen LogP contribution is -2.03. The van der Waals surface area contributed by atoms with E-state index in [-0.39, 0.29) is 0 Å². The van der Waals surface area contributed by atoms with E-state index in [0.717, 1.165) is 29.1 Å².